The summed E-state index contributed by atoms with van der Waals surface area (Å²) in [5.41, 5.74) is 2.98. The summed E-state index contributed by atoms with van der Waals surface area (Å²) in [5, 5.41) is 13.6. The Morgan fingerprint density at radius 1 is 1.22 bits per heavy atom. The number of carbonyl (C=O) groups excluding carboxylic acids is 1. The third-order valence-corrected chi connectivity index (χ3v) is 5.20. The molecule has 8 heteroatoms. The number of halogens is 2. The number of anilines is 1. The Morgan fingerprint density at radius 3 is 2.52 bits per heavy atom. The minimum atomic E-state index is -0.113. The Labute approximate surface area is 175 Å². The molecule has 138 valence electrons. The fourth-order valence-electron chi connectivity index (χ4n) is 2.29. The Bertz CT molecular complexity index is 1030. The van der Waals surface area contributed by atoms with E-state index in [2.05, 4.69) is 32.3 Å². The van der Waals surface area contributed by atoms with Gasteiger partial charge in [0, 0.05) is 28.3 Å². The van der Waals surface area contributed by atoms with Crippen LogP contribution in [0.5, 0.6) is 0 Å². The van der Waals surface area contributed by atoms with Crippen LogP contribution >= 0.6 is 39.7 Å². The van der Waals surface area contributed by atoms with Gasteiger partial charge in [-0.3, -0.25) is 4.79 Å². The lowest BCUT2D eigenvalue weighted by atomic mass is 10.2. The molecular formula is C19H16BrClN4OS. The van der Waals surface area contributed by atoms with Crippen molar-refractivity contribution in [2.45, 2.75) is 6.42 Å². The van der Waals surface area contributed by atoms with Gasteiger partial charge in [-0.05, 0) is 48.5 Å². The Morgan fingerprint density at radius 2 is 1.89 bits per heavy atom. The Hall–Kier alpha value is -2.40. The van der Waals surface area contributed by atoms with Gasteiger partial charge in [0.05, 0.1) is 23.7 Å². The molecule has 0 radical (unpaired) electrons. The number of thiazole rings is 1. The summed E-state index contributed by atoms with van der Waals surface area (Å²) in [4.78, 5) is 17.7. The highest BCUT2D eigenvalue weighted by atomic mass is 79.9. The lowest BCUT2D eigenvalue weighted by molar-refractivity contribution is -0.115. The van der Waals surface area contributed by atoms with E-state index >= 15 is 0 Å². The van der Waals surface area contributed by atoms with Gasteiger partial charge in [0.2, 0.25) is 5.91 Å². The van der Waals surface area contributed by atoms with Gasteiger partial charge in [-0.1, -0.05) is 15.9 Å². The van der Waals surface area contributed by atoms with Crippen molar-refractivity contribution in [2.75, 3.05) is 5.32 Å². The quantitative estimate of drug-likeness (QED) is 0.616. The topological polar surface area (TPSA) is 70.2 Å². The molecule has 0 unspecified atom stereocenters. The SMILES string of the molecule is Cl.Cn1c(CC(=O)Nc2ccc(C#N)cc2)cs/c1=N/c1ccc(Br)cc1. The van der Waals surface area contributed by atoms with E-state index in [4.69, 9.17) is 5.26 Å². The van der Waals surface area contributed by atoms with Gasteiger partial charge in [0.1, 0.15) is 0 Å². The second-order valence-corrected chi connectivity index (χ2v) is 7.32. The van der Waals surface area contributed by atoms with Crippen molar-refractivity contribution >= 4 is 57.0 Å². The number of amides is 1. The zero-order valence-electron chi connectivity index (χ0n) is 14.3. The molecule has 0 atom stereocenters. The zero-order chi connectivity index (χ0) is 18.5. The minimum absolute atomic E-state index is 0. The molecule has 1 N–H and O–H groups in total. The van der Waals surface area contributed by atoms with Crippen molar-refractivity contribution in [3.8, 4) is 6.07 Å². The van der Waals surface area contributed by atoms with Crippen LogP contribution in [0, 0.1) is 11.3 Å². The van der Waals surface area contributed by atoms with Crippen LogP contribution in [0.25, 0.3) is 0 Å². The van der Waals surface area contributed by atoms with Gasteiger partial charge in [0.15, 0.2) is 4.80 Å². The first-order valence-electron chi connectivity index (χ1n) is 7.79. The number of hydrogen-bond acceptors (Lipinski definition) is 4. The van der Waals surface area contributed by atoms with Crippen LogP contribution in [0.15, 0.2) is 63.4 Å². The smallest absolute Gasteiger partial charge is 0.230 e. The molecule has 1 amide bonds. The zero-order valence-corrected chi connectivity index (χ0v) is 17.6. The highest BCUT2D eigenvalue weighted by Crippen LogP contribution is 2.16. The number of benzene rings is 2. The molecule has 0 aliphatic rings. The van der Waals surface area contributed by atoms with Gasteiger partial charge >= 0.3 is 0 Å². The van der Waals surface area contributed by atoms with Gasteiger partial charge in [0.25, 0.3) is 0 Å². The normalized spacial score (nSPS) is 10.8. The van der Waals surface area contributed by atoms with Crippen LogP contribution in [0.4, 0.5) is 11.4 Å². The lowest BCUT2D eigenvalue weighted by Crippen LogP contribution is -2.19. The predicted octanol–water partition coefficient (Wildman–Crippen LogP) is 4.56. The molecule has 0 aliphatic carbocycles. The molecular weight excluding hydrogens is 448 g/mol. The van der Waals surface area contributed by atoms with E-state index in [1.807, 2.05) is 41.3 Å². The number of nitriles is 1. The summed E-state index contributed by atoms with van der Waals surface area (Å²) in [6, 6.07) is 16.6. The molecule has 0 saturated heterocycles. The van der Waals surface area contributed by atoms with Crippen molar-refractivity contribution in [1.82, 2.24) is 4.57 Å². The summed E-state index contributed by atoms with van der Waals surface area (Å²) in [7, 11) is 1.90. The maximum atomic E-state index is 12.3. The van der Waals surface area contributed by atoms with Crippen molar-refractivity contribution in [3.05, 3.63) is 74.4 Å². The molecule has 0 aliphatic heterocycles. The number of rotatable bonds is 4. The molecule has 0 bridgehead atoms. The van der Waals surface area contributed by atoms with Crippen LogP contribution < -0.4 is 10.1 Å². The van der Waals surface area contributed by atoms with E-state index in [-0.39, 0.29) is 24.7 Å². The van der Waals surface area contributed by atoms with Gasteiger partial charge in [-0.2, -0.15) is 5.26 Å². The van der Waals surface area contributed by atoms with Crippen LogP contribution in [0.2, 0.25) is 0 Å². The number of nitrogens with one attached hydrogen (secondary N) is 1. The van der Waals surface area contributed by atoms with E-state index in [1.165, 1.54) is 11.3 Å². The molecule has 1 heterocycles. The fraction of sp³-hybridized carbons (Fsp3) is 0.105. The Kier molecular flexibility index (Phi) is 7.36. The average Bonchev–Trinajstić information content (AvgIpc) is 2.97. The second-order valence-electron chi connectivity index (χ2n) is 5.57. The van der Waals surface area contributed by atoms with E-state index < -0.39 is 0 Å². The summed E-state index contributed by atoms with van der Waals surface area (Å²) >= 11 is 4.90. The van der Waals surface area contributed by atoms with Crippen molar-refractivity contribution in [1.29, 1.82) is 5.26 Å². The third kappa shape index (κ3) is 5.54. The monoisotopic (exact) mass is 462 g/mol. The average molecular weight is 464 g/mol. The molecule has 3 rings (SSSR count). The van der Waals surface area contributed by atoms with Crippen LogP contribution in [-0.4, -0.2) is 10.5 Å². The fourth-order valence-corrected chi connectivity index (χ4v) is 3.47. The lowest BCUT2D eigenvalue weighted by Gasteiger charge is -2.06. The first-order chi connectivity index (χ1) is 12.5. The highest BCUT2D eigenvalue weighted by molar-refractivity contribution is 9.10. The summed E-state index contributed by atoms with van der Waals surface area (Å²) in [6.07, 6.45) is 0.253. The largest absolute Gasteiger partial charge is 0.326 e. The minimum Gasteiger partial charge on any atom is -0.326 e. The standard InChI is InChI=1S/C19H15BrN4OS.ClH/c1-24-17(10-18(25)22-15-6-2-13(11-21)3-7-15)12-26-19(24)23-16-8-4-14(20)5-9-16;/h2-9,12H,10H2,1H3,(H,22,25);1H/b23-19+;. The van der Waals surface area contributed by atoms with Gasteiger partial charge in [-0.15, -0.1) is 23.7 Å². The molecule has 3 aromatic rings. The maximum absolute atomic E-state index is 12.3. The van der Waals surface area contributed by atoms with E-state index in [0.29, 0.717) is 11.3 Å². The summed E-state index contributed by atoms with van der Waals surface area (Å²) in [6.45, 7) is 0. The van der Waals surface area contributed by atoms with Gasteiger partial charge < -0.3 is 9.88 Å². The third-order valence-electron chi connectivity index (χ3n) is 3.71. The molecule has 0 spiro atoms. The van der Waals surface area contributed by atoms with E-state index in [9.17, 15) is 4.79 Å². The highest BCUT2D eigenvalue weighted by Gasteiger charge is 2.09. The number of carbonyl (C=O) groups is 1. The first kappa shape index (κ1) is 20.9. The molecule has 1 aromatic heterocycles. The molecule has 27 heavy (non-hydrogen) atoms. The first-order valence-corrected chi connectivity index (χ1v) is 9.46. The number of nitrogens with zero attached hydrogens (tertiary/aromatic N) is 3. The van der Waals surface area contributed by atoms with Crippen LogP contribution in [0.3, 0.4) is 0 Å². The van der Waals surface area contributed by atoms with Gasteiger partial charge in [-0.25, -0.2) is 4.99 Å². The van der Waals surface area contributed by atoms with E-state index in [0.717, 1.165) is 20.7 Å². The number of aromatic nitrogens is 1. The maximum Gasteiger partial charge on any atom is 0.230 e. The second kappa shape index (κ2) is 9.51. The summed E-state index contributed by atoms with van der Waals surface area (Å²) < 4.78 is 2.93. The molecule has 0 saturated carbocycles. The summed E-state index contributed by atoms with van der Waals surface area (Å²) in [5.74, 6) is -0.113. The Balaban J connectivity index is 0.00000261. The molecule has 2 aromatic carbocycles. The van der Waals surface area contributed by atoms with Crippen LogP contribution in [-0.2, 0) is 18.3 Å². The predicted molar refractivity (Wildman–Crippen MR) is 113 cm³/mol. The van der Waals surface area contributed by atoms with Crippen LogP contribution in [0.1, 0.15) is 11.3 Å². The molecule has 0 fully saturated rings. The van der Waals surface area contributed by atoms with Crippen molar-refractivity contribution in [3.63, 3.8) is 0 Å². The van der Waals surface area contributed by atoms with Crippen molar-refractivity contribution < 1.29 is 4.79 Å². The van der Waals surface area contributed by atoms with E-state index in [1.54, 1.807) is 24.3 Å². The molecule has 5 nitrogen and oxygen atoms in total. The van der Waals surface area contributed by atoms with Crippen molar-refractivity contribution in [2.24, 2.45) is 12.0 Å². The number of hydrogen-bond donors (Lipinski definition) is 1.